The van der Waals surface area contributed by atoms with Crippen LogP contribution in [0.4, 0.5) is 0 Å². The predicted molar refractivity (Wildman–Crippen MR) is 126 cm³/mol. The Labute approximate surface area is 189 Å². The van der Waals surface area contributed by atoms with Crippen LogP contribution in [0.15, 0.2) is 67.1 Å². The van der Waals surface area contributed by atoms with E-state index < -0.39 is 0 Å². The fourth-order valence-electron chi connectivity index (χ4n) is 4.79. The zero-order valence-corrected chi connectivity index (χ0v) is 18.3. The molecule has 0 bridgehead atoms. The largest absolute Gasteiger partial charge is 0.335 e. The molecule has 2 aliphatic rings. The topological polar surface area (TPSA) is 54.3 Å². The summed E-state index contributed by atoms with van der Waals surface area (Å²) in [5, 5.41) is 4.80. The van der Waals surface area contributed by atoms with Gasteiger partial charge < -0.3 is 9.80 Å². The maximum atomic E-state index is 13.1. The molecule has 0 aliphatic carbocycles. The minimum atomic E-state index is 0.0938. The zero-order chi connectivity index (χ0) is 21.8. The maximum Gasteiger partial charge on any atom is 0.246 e. The van der Waals surface area contributed by atoms with Crippen LogP contribution in [-0.4, -0.2) is 62.7 Å². The summed E-state index contributed by atoms with van der Waals surface area (Å²) in [5.74, 6) is 0.0938. The van der Waals surface area contributed by atoms with Crippen molar-refractivity contribution in [1.29, 1.82) is 0 Å². The number of likely N-dealkylation sites (tertiary alicyclic amines) is 2. The van der Waals surface area contributed by atoms with Gasteiger partial charge in [0.1, 0.15) is 5.69 Å². The minimum absolute atomic E-state index is 0.0938. The summed E-state index contributed by atoms with van der Waals surface area (Å²) in [7, 11) is 0. The lowest BCUT2D eigenvalue weighted by Gasteiger charge is -2.27. The van der Waals surface area contributed by atoms with Crippen LogP contribution in [0.3, 0.4) is 0 Å². The first-order valence-corrected chi connectivity index (χ1v) is 11.5. The fraction of sp³-hybridized carbons (Fsp3) is 0.346. The van der Waals surface area contributed by atoms with Gasteiger partial charge in [-0.05, 0) is 69.1 Å². The molecule has 0 N–H and O–H groups in total. The van der Waals surface area contributed by atoms with E-state index in [0.29, 0.717) is 6.04 Å². The summed E-state index contributed by atoms with van der Waals surface area (Å²) in [5.41, 5.74) is 3.64. The number of carbonyl (C=O) groups excluding carboxylic acids is 1. The summed E-state index contributed by atoms with van der Waals surface area (Å²) in [4.78, 5) is 21.9. The van der Waals surface area contributed by atoms with Crippen molar-refractivity contribution in [3.05, 3.63) is 72.7 Å². The Morgan fingerprint density at radius 3 is 2.66 bits per heavy atom. The monoisotopic (exact) mass is 427 g/mol. The van der Waals surface area contributed by atoms with Crippen molar-refractivity contribution in [3.63, 3.8) is 0 Å². The molecule has 1 aromatic carbocycles. The van der Waals surface area contributed by atoms with Crippen molar-refractivity contribution >= 4 is 12.0 Å². The lowest BCUT2D eigenvalue weighted by molar-refractivity contribution is -0.127. The van der Waals surface area contributed by atoms with Crippen LogP contribution in [0.2, 0.25) is 0 Å². The van der Waals surface area contributed by atoms with Crippen LogP contribution in [0.25, 0.3) is 23.0 Å². The molecule has 2 saturated heterocycles. The fourth-order valence-corrected chi connectivity index (χ4v) is 4.79. The van der Waals surface area contributed by atoms with Crippen molar-refractivity contribution < 1.29 is 4.79 Å². The van der Waals surface area contributed by atoms with Crippen molar-refractivity contribution in [2.75, 3.05) is 26.2 Å². The highest BCUT2D eigenvalue weighted by Crippen LogP contribution is 2.25. The van der Waals surface area contributed by atoms with Gasteiger partial charge in [-0.1, -0.05) is 18.2 Å². The van der Waals surface area contributed by atoms with E-state index in [1.54, 1.807) is 12.3 Å². The predicted octanol–water partition coefficient (Wildman–Crippen LogP) is 4.03. The van der Waals surface area contributed by atoms with Gasteiger partial charge in [0, 0.05) is 54.9 Å². The first-order chi connectivity index (χ1) is 15.8. The number of benzene rings is 1. The first-order valence-electron chi connectivity index (χ1n) is 11.5. The van der Waals surface area contributed by atoms with Gasteiger partial charge >= 0.3 is 0 Å². The summed E-state index contributed by atoms with van der Waals surface area (Å²) in [6, 6.07) is 14.2. The summed E-state index contributed by atoms with van der Waals surface area (Å²) in [6.07, 6.45) is 13.9. The number of para-hydroxylation sites is 1. The molecule has 2 aliphatic heterocycles. The van der Waals surface area contributed by atoms with Crippen molar-refractivity contribution in [2.24, 2.45) is 0 Å². The van der Waals surface area contributed by atoms with Gasteiger partial charge in [-0.25, -0.2) is 4.68 Å². The Balaban J connectivity index is 1.38. The lowest BCUT2D eigenvalue weighted by Crippen LogP contribution is -2.41. The summed E-state index contributed by atoms with van der Waals surface area (Å²) < 4.78 is 1.86. The van der Waals surface area contributed by atoms with E-state index in [2.05, 4.69) is 14.8 Å². The Bertz CT molecular complexity index is 1070. The molecular formula is C26H29N5O. The number of pyridine rings is 1. The van der Waals surface area contributed by atoms with Gasteiger partial charge in [-0.3, -0.25) is 9.78 Å². The van der Waals surface area contributed by atoms with E-state index >= 15 is 0 Å². The van der Waals surface area contributed by atoms with Crippen LogP contribution < -0.4 is 0 Å². The van der Waals surface area contributed by atoms with Gasteiger partial charge in [0.25, 0.3) is 0 Å². The number of aromatic nitrogens is 3. The Morgan fingerprint density at radius 2 is 1.88 bits per heavy atom. The standard InChI is InChI=1S/C26H29N5O/c32-25(30-17-7-11-24(30)20-29-15-4-5-16-29)13-12-22-19-31(23-9-2-1-3-10-23)28-26(22)21-8-6-14-27-18-21/h1-3,6,8-10,12-14,18-19,24H,4-5,7,11,15-17,20H2/b13-12+. The molecule has 1 unspecified atom stereocenters. The second kappa shape index (κ2) is 9.49. The average molecular weight is 428 g/mol. The van der Waals surface area contributed by atoms with E-state index in [1.807, 2.05) is 65.6 Å². The van der Waals surface area contributed by atoms with Crippen LogP contribution >= 0.6 is 0 Å². The van der Waals surface area contributed by atoms with Gasteiger partial charge in [0.2, 0.25) is 5.91 Å². The molecule has 4 heterocycles. The molecule has 1 amide bonds. The Kier molecular flexibility index (Phi) is 6.12. The van der Waals surface area contributed by atoms with E-state index in [9.17, 15) is 4.79 Å². The van der Waals surface area contributed by atoms with E-state index in [0.717, 1.165) is 48.4 Å². The van der Waals surface area contributed by atoms with Gasteiger partial charge in [0.05, 0.1) is 5.69 Å². The highest BCUT2D eigenvalue weighted by molar-refractivity contribution is 5.93. The SMILES string of the molecule is O=C(/C=C/c1cn(-c2ccccc2)nc1-c1cccnc1)N1CCCC1CN1CCCC1. The third-order valence-electron chi connectivity index (χ3n) is 6.43. The van der Waals surface area contributed by atoms with Crippen LogP contribution in [-0.2, 0) is 4.79 Å². The molecular weight excluding hydrogens is 398 g/mol. The number of carbonyl (C=O) groups is 1. The van der Waals surface area contributed by atoms with Crippen LogP contribution in [0.1, 0.15) is 31.2 Å². The number of hydrogen-bond acceptors (Lipinski definition) is 4. The molecule has 32 heavy (non-hydrogen) atoms. The second-order valence-corrected chi connectivity index (χ2v) is 8.62. The third-order valence-corrected chi connectivity index (χ3v) is 6.43. The Hall–Kier alpha value is -3.25. The number of amides is 1. The highest BCUT2D eigenvalue weighted by Gasteiger charge is 2.29. The molecule has 2 fully saturated rings. The minimum Gasteiger partial charge on any atom is -0.335 e. The molecule has 0 spiro atoms. The molecule has 2 aromatic heterocycles. The summed E-state index contributed by atoms with van der Waals surface area (Å²) in [6.45, 7) is 4.19. The third kappa shape index (κ3) is 4.50. The van der Waals surface area contributed by atoms with Crippen molar-refractivity contribution in [2.45, 2.75) is 31.7 Å². The Morgan fingerprint density at radius 1 is 1.03 bits per heavy atom. The molecule has 5 rings (SSSR count). The van der Waals surface area contributed by atoms with Gasteiger partial charge in [-0.15, -0.1) is 0 Å². The van der Waals surface area contributed by atoms with Crippen LogP contribution in [0.5, 0.6) is 0 Å². The molecule has 3 aromatic rings. The summed E-state index contributed by atoms with van der Waals surface area (Å²) >= 11 is 0. The normalized spacial score (nSPS) is 19.2. The van der Waals surface area contributed by atoms with Crippen molar-refractivity contribution in [1.82, 2.24) is 24.6 Å². The molecule has 164 valence electrons. The molecule has 6 nitrogen and oxygen atoms in total. The number of nitrogens with zero attached hydrogens (tertiary/aromatic N) is 5. The number of hydrogen-bond donors (Lipinski definition) is 0. The lowest BCUT2D eigenvalue weighted by atomic mass is 10.1. The van der Waals surface area contributed by atoms with Gasteiger partial charge in [0.15, 0.2) is 0 Å². The second-order valence-electron chi connectivity index (χ2n) is 8.62. The number of rotatable bonds is 6. The van der Waals surface area contributed by atoms with Crippen molar-refractivity contribution in [3.8, 4) is 16.9 Å². The molecule has 0 saturated carbocycles. The quantitative estimate of drug-likeness (QED) is 0.557. The van der Waals surface area contributed by atoms with Crippen LogP contribution in [0, 0.1) is 0 Å². The highest BCUT2D eigenvalue weighted by atomic mass is 16.2. The van der Waals surface area contributed by atoms with E-state index in [-0.39, 0.29) is 5.91 Å². The molecule has 0 radical (unpaired) electrons. The molecule has 1 atom stereocenters. The average Bonchev–Trinajstić information content (AvgIpc) is 3.60. The first kappa shape index (κ1) is 20.6. The van der Waals surface area contributed by atoms with E-state index in [1.165, 1.54) is 25.9 Å². The maximum absolute atomic E-state index is 13.1. The van der Waals surface area contributed by atoms with Gasteiger partial charge in [-0.2, -0.15) is 5.10 Å². The zero-order valence-electron chi connectivity index (χ0n) is 18.3. The van der Waals surface area contributed by atoms with E-state index in [4.69, 9.17) is 5.10 Å². The molecule has 6 heteroatoms. The smallest absolute Gasteiger partial charge is 0.246 e.